The maximum absolute atomic E-state index is 12.5. The number of nitrogens with one attached hydrogen (secondary N) is 1. The molecule has 0 fully saturated rings. The van der Waals surface area contributed by atoms with Crippen molar-refractivity contribution in [1.29, 1.82) is 0 Å². The second kappa shape index (κ2) is 8.39. The molecule has 0 spiro atoms. The molecule has 1 N–H and O–H groups in total. The first kappa shape index (κ1) is 19.7. The number of carbonyl (C=O) groups is 1. The van der Waals surface area contributed by atoms with E-state index in [0.717, 1.165) is 5.56 Å². The number of ether oxygens (including phenoxy) is 1. The summed E-state index contributed by atoms with van der Waals surface area (Å²) in [5, 5.41) is 3.31. The molecule has 0 bridgehead atoms. The van der Waals surface area contributed by atoms with Crippen LogP contribution in [0.5, 0.6) is 5.75 Å². The largest absolute Gasteiger partial charge is 0.485 e. The molecular weight excluding hydrogens is 402 g/mol. The quantitative estimate of drug-likeness (QED) is 0.517. The first-order valence-electron chi connectivity index (χ1n) is 9.27. The third kappa shape index (κ3) is 4.34. The Morgan fingerprint density at radius 2 is 1.93 bits per heavy atom. The number of fused-ring (bicyclic) bond motifs is 1. The normalized spacial score (nSPS) is 10.7. The molecule has 7 heteroatoms. The van der Waals surface area contributed by atoms with E-state index in [0.29, 0.717) is 33.4 Å². The van der Waals surface area contributed by atoms with E-state index < -0.39 is 0 Å². The van der Waals surface area contributed by atoms with E-state index in [1.54, 1.807) is 54.7 Å². The molecule has 0 aliphatic carbocycles. The number of pyridine rings is 1. The van der Waals surface area contributed by atoms with Crippen LogP contribution in [0.1, 0.15) is 21.6 Å². The summed E-state index contributed by atoms with van der Waals surface area (Å²) in [6, 6.07) is 18.9. The minimum atomic E-state index is -0.300. The van der Waals surface area contributed by atoms with Gasteiger partial charge >= 0.3 is 0 Å². The number of carbonyl (C=O) groups excluding carboxylic acids is 1. The summed E-state index contributed by atoms with van der Waals surface area (Å²) in [6.45, 7) is 2.03. The summed E-state index contributed by atoms with van der Waals surface area (Å²) in [4.78, 5) is 29.3. The number of para-hydroxylation sites is 2. The fourth-order valence-corrected chi connectivity index (χ4v) is 3.19. The smallest absolute Gasteiger partial charge is 0.258 e. The first-order chi connectivity index (χ1) is 14.5. The molecule has 6 nitrogen and oxygen atoms in total. The highest BCUT2D eigenvalue weighted by atomic mass is 35.5. The van der Waals surface area contributed by atoms with Crippen LogP contribution >= 0.6 is 11.6 Å². The van der Waals surface area contributed by atoms with E-state index in [4.69, 9.17) is 16.3 Å². The van der Waals surface area contributed by atoms with Crippen LogP contribution in [0.2, 0.25) is 5.02 Å². The van der Waals surface area contributed by atoms with Gasteiger partial charge < -0.3 is 10.1 Å². The van der Waals surface area contributed by atoms with Gasteiger partial charge in [0.05, 0.1) is 11.4 Å². The lowest BCUT2D eigenvalue weighted by Gasteiger charge is -2.13. The third-order valence-corrected chi connectivity index (χ3v) is 4.71. The van der Waals surface area contributed by atoms with E-state index in [-0.39, 0.29) is 18.1 Å². The van der Waals surface area contributed by atoms with Crippen LogP contribution in [-0.2, 0) is 6.61 Å². The molecule has 2 aromatic carbocycles. The predicted molar refractivity (Wildman–Crippen MR) is 116 cm³/mol. The van der Waals surface area contributed by atoms with Crippen LogP contribution in [0.25, 0.3) is 5.65 Å². The van der Waals surface area contributed by atoms with Crippen molar-refractivity contribution in [2.24, 2.45) is 0 Å². The molecule has 2 aromatic heterocycles. The summed E-state index contributed by atoms with van der Waals surface area (Å²) in [5.41, 5.74) is 2.84. The Balaban J connectivity index is 1.54. The Morgan fingerprint density at radius 1 is 1.10 bits per heavy atom. The van der Waals surface area contributed by atoms with E-state index in [1.807, 2.05) is 19.1 Å². The lowest BCUT2D eigenvalue weighted by Crippen LogP contribution is -2.16. The molecule has 2 heterocycles. The lowest BCUT2D eigenvalue weighted by atomic mass is 10.2. The molecule has 150 valence electrons. The zero-order valence-corrected chi connectivity index (χ0v) is 16.9. The molecule has 0 saturated heterocycles. The van der Waals surface area contributed by atoms with E-state index in [1.165, 1.54) is 10.5 Å². The Morgan fingerprint density at radius 3 is 2.77 bits per heavy atom. The molecule has 0 radical (unpaired) electrons. The van der Waals surface area contributed by atoms with Crippen LogP contribution in [0, 0.1) is 6.92 Å². The topological polar surface area (TPSA) is 72.7 Å². The summed E-state index contributed by atoms with van der Waals surface area (Å²) in [5.74, 6) is 0.171. The van der Waals surface area contributed by atoms with Crippen LogP contribution in [0.15, 0.2) is 77.7 Å². The van der Waals surface area contributed by atoms with Crippen LogP contribution in [0.3, 0.4) is 0 Å². The molecule has 0 atom stereocenters. The van der Waals surface area contributed by atoms with Crippen molar-refractivity contribution < 1.29 is 9.53 Å². The summed E-state index contributed by atoms with van der Waals surface area (Å²) in [6.07, 6.45) is 1.70. The van der Waals surface area contributed by atoms with Crippen molar-refractivity contribution in [3.63, 3.8) is 0 Å². The number of aryl methyl sites for hydroxylation is 1. The van der Waals surface area contributed by atoms with Gasteiger partial charge in [-0.3, -0.25) is 14.0 Å². The third-order valence-electron chi connectivity index (χ3n) is 4.47. The van der Waals surface area contributed by atoms with Gasteiger partial charge in [0, 0.05) is 22.8 Å². The fourth-order valence-electron chi connectivity index (χ4n) is 3.00. The number of aromatic nitrogens is 2. The number of benzene rings is 2. The Hall–Kier alpha value is -3.64. The molecule has 0 saturated carbocycles. The van der Waals surface area contributed by atoms with Gasteiger partial charge in [-0.1, -0.05) is 29.8 Å². The standard InChI is InChI=1S/C23H18ClN3O3/c1-15-9-10-27-21(11-15)25-18(13-22(27)28)14-30-20-8-3-2-7-19(20)26-23(29)16-5-4-6-17(24)12-16/h2-13H,14H2,1H3,(H,26,29). The van der Waals surface area contributed by atoms with E-state index in [9.17, 15) is 9.59 Å². The zero-order chi connectivity index (χ0) is 21.1. The number of amides is 1. The van der Waals surface area contributed by atoms with Crippen molar-refractivity contribution in [1.82, 2.24) is 9.38 Å². The number of anilines is 1. The van der Waals surface area contributed by atoms with Crippen molar-refractivity contribution >= 4 is 28.8 Å². The molecule has 4 aromatic rings. The van der Waals surface area contributed by atoms with Crippen molar-refractivity contribution in [3.8, 4) is 5.75 Å². The number of rotatable bonds is 5. The average Bonchev–Trinajstić information content (AvgIpc) is 2.73. The maximum atomic E-state index is 12.5. The Bertz CT molecular complexity index is 1300. The monoisotopic (exact) mass is 419 g/mol. The number of nitrogens with zero attached hydrogens (tertiary/aromatic N) is 2. The molecule has 4 rings (SSSR count). The van der Waals surface area contributed by atoms with Crippen LogP contribution < -0.4 is 15.6 Å². The van der Waals surface area contributed by atoms with Crippen molar-refractivity contribution in [2.45, 2.75) is 13.5 Å². The number of hydrogen-bond acceptors (Lipinski definition) is 4. The molecular formula is C23H18ClN3O3. The first-order valence-corrected chi connectivity index (χ1v) is 9.65. The molecule has 30 heavy (non-hydrogen) atoms. The second-order valence-corrected chi connectivity index (χ2v) is 7.20. The molecule has 0 aliphatic heterocycles. The molecule has 0 aliphatic rings. The summed E-state index contributed by atoms with van der Waals surface area (Å²) >= 11 is 5.97. The Labute approximate surface area is 177 Å². The number of hydrogen-bond donors (Lipinski definition) is 1. The Kier molecular flexibility index (Phi) is 5.50. The number of halogens is 1. The van der Waals surface area contributed by atoms with Crippen molar-refractivity contribution in [3.05, 3.63) is 105 Å². The van der Waals surface area contributed by atoms with Crippen LogP contribution in [0.4, 0.5) is 5.69 Å². The van der Waals surface area contributed by atoms with Crippen molar-refractivity contribution in [2.75, 3.05) is 5.32 Å². The van der Waals surface area contributed by atoms with Gasteiger partial charge in [0.2, 0.25) is 0 Å². The van der Waals surface area contributed by atoms with E-state index >= 15 is 0 Å². The van der Waals surface area contributed by atoms with Gasteiger partial charge in [0.25, 0.3) is 11.5 Å². The second-order valence-electron chi connectivity index (χ2n) is 6.77. The van der Waals surface area contributed by atoms with Gasteiger partial charge in [0.15, 0.2) is 0 Å². The van der Waals surface area contributed by atoms with Gasteiger partial charge in [-0.2, -0.15) is 0 Å². The molecule has 1 amide bonds. The zero-order valence-electron chi connectivity index (χ0n) is 16.1. The van der Waals surface area contributed by atoms with Gasteiger partial charge in [-0.25, -0.2) is 4.98 Å². The minimum absolute atomic E-state index is 0.0870. The van der Waals surface area contributed by atoms with Gasteiger partial charge in [-0.15, -0.1) is 0 Å². The average molecular weight is 420 g/mol. The highest BCUT2D eigenvalue weighted by Gasteiger charge is 2.11. The fraction of sp³-hybridized carbons (Fsp3) is 0.0870. The summed E-state index contributed by atoms with van der Waals surface area (Å²) in [7, 11) is 0. The maximum Gasteiger partial charge on any atom is 0.258 e. The van der Waals surface area contributed by atoms with Crippen LogP contribution in [-0.4, -0.2) is 15.3 Å². The SMILES string of the molecule is Cc1ccn2c(=O)cc(COc3ccccc3NC(=O)c3cccc(Cl)c3)nc2c1. The highest BCUT2D eigenvalue weighted by Crippen LogP contribution is 2.25. The van der Waals surface area contributed by atoms with Gasteiger partial charge in [0.1, 0.15) is 18.0 Å². The molecule has 0 unspecified atom stereocenters. The summed E-state index contributed by atoms with van der Waals surface area (Å²) < 4.78 is 7.35. The predicted octanol–water partition coefficient (Wildman–Crippen LogP) is 4.49. The van der Waals surface area contributed by atoms with E-state index in [2.05, 4.69) is 10.3 Å². The lowest BCUT2D eigenvalue weighted by molar-refractivity contribution is 0.102. The highest BCUT2D eigenvalue weighted by molar-refractivity contribution is 6.31. The minimum Gasteiger partial charge on any atom is -0.485 e. The van der Waals surface area contributed by atoms with Gasteiger partial charge in [-0.05, 0) is 55.0 Å².